The Bertz CT molecular complexity index is 679. The third kappa shape index (κ3) is 3.64. The average molecular weight is 350 g/mol. The lowest BCUT2D eigenvalue weighted by Crippen LogP contribution is -2.50. The maximum Gasteiger partial charge on any atom is 0.251 e. The topological polar surface area (TPSA) is 75.3 Å². The van der Waals surface area contributed by atoms with E-state index in [-0.39, 0.29) is 17.2 Å². The van der Waals surface area contributed by atoms with Gasteiger partial charge in [0.1, 0.15) is 0 Å². The molecule has 1 heterocycles. The first-order chi connectivity index (χ1) is 11.5. The van der Waals surface area contributed by atoms with Gasteiger partial charge >= 0.3 is 0 Å². The van der Waals surface area contributed by atoms with Crippen molar-refractivity contribution < 1.29 is 13.2 Å². The monoisotopic (exact) mass is 350 g/mol. The summed E-state index contributed by atoms with van der Waals surface area (Å²) >= 11 is 0. The quantitative estimate of drug-likeness (QED) is 0.872. The van der Waals surface area contributed by atoms with Gasteiger partial charge in [0.05, 0.1) is 10.1 Å². The Morgan fingerprint density at radius 3 is 2.42 bits per heavy atom. The van der Waals surface area contributed by atoms with E-state index in [4.69, 9.17) is 0 Å². The largest absolute Gasteiger partial charge is 0.348 e. The van der Waals surface area contributed by atoms with E-state index in [1.165, 1.54) is 0 Å². The SMILES string of the molecule is CC1CCNCC1NC(=O)c1ccc(S(=O)(=O)C2CCCC2)cc1. The highest BCUT2D eigenvalue weighted by Crippen LogP contribution is 2.29. The Kier molecular flexibility index (Phi) is 5.25. The number of rotatable bonds is 4. The van der Waals surface area contributed by atoms with Gasteiger partial charge in [-0.15, -0.1) is 0 Å². The van der Waals surface area contributed by atoms with Gasteiger partial charge in [0.15, 0.2) is 9.84 Å². The summed E-state index contributed by atoms with van der Waals surface area (Å²) in [6.07, 6.45) is 4.51. The summed E-state index contributed by atoms with van der Waals surface area (Å²) in [5.41, 5.74) is 0.512. The molecule has 1 saturated carbocycles. The smallest absolute Gasteiger partial charge is 0.251 e. The van der Waals surface area contributed by atoms with E-state index in [0.29, 0.717) is 16.4 Å². The Balaban J connectivity index is 1.68. The number of benzene rings is 1. The molecule has 1 saturated heterocycles. The van der Waals surface area contributed by atoms with Crippen molar-refractivity contribution in [3.05, 3.63) is 29.8 Å². The van der Waals surface area contributed by atoms with E-state index in [1.807, 2.05) is 0 Å². The van der Waals surface area contributed by atoms with Gasteiger partial charge in [-0.05, 0) is 56.0 Å². The third-order valence-electron chi connectivity index (χ3n) is 5.33. The summed E-state index contributed by atoms with van der Waals surface area (Å²) in [6, 6.07) is 6.51. The maximum atomic E-state index is 12.6. The standard InChI is InChI=1S/C18H26N2O3S/c1-13-10-11-19-12-17(13)20-18(21)14-6-8-16(9-7-14)24(22,23)15-4-2-3-5-15/h6-9,13,15,17,19H,2-5,10-12H2,1H3,(H,20,21). The minimum Gasteiger partial charge on any atom is -0.348 e. The van der Waals surface area contributed by atoms with Crippen LogP contribution in [0.25, 0.3) is 0 Å². The number of hydrogen-bond acceptors (Lipinski definition) is 4. The molecular weight excluding hydrogens is 324 g/mol. The summed E-state index contributed by atoms with van der Waals surface area (Å²) in [5.74, 6) is 0.303. The predicted molar refractivity (Wildman–Crippen MR) is 93.8 cm³/mol. The zero-order valence-corrected chi connectivity index (χ0v) is 14.9. The predicted octanol–water partition coefficient (Wildman–Crippen LogP) is 2.13. The molecule has 1 aromatic rings. The molecule has 2 unspecified atom stereocenters. The van der Waals surface area contributed by atoms with E-state index in [2.05, 4.69) is 17.6 Å². The molecule has 1 aromatic carbocycles. The van der Waals surface area contributed by atoms with E-state index < -0.39 is 9.84 Å². The van der Waals surface area contributed by atoms with Crippen molar-refractivity contribution in [2.24, 2.45) is 5.92 Å². The number of nitrogens with one attached hydrogen (secondary N) is 2. The van der Waals surface area contributed by atoms with Crippen molar-refractivity contribution in [2.45, 2.75) is 55.2 Å². The van der Waals surface area contributed by atoms with E-state index in [9.17, 15) is 13.2 Å². The van der Waals surface area contributed by atoms with Crippen LogP contribution in [0, 0.1) is 5.92 Å². The van der Waals surface area contributed by atoms with Crippen molar-refractivity contribution in [3.8, 4) is 0 Å². The summed E-state index contributed by atoms with van der Waals surface area (Å²) in [6.45, 7) is 3.91. The minimum absolute atomic E-state index is 0.119. The van der Waals surface area contributed by atoms with Crippen molar-refractivity contribution >= 4 is 15.7 Å². The molecule has 2 aliphatic rings. The van der Waals surface area contributed by atoms with Crippen molar-refractivity contribution in [1.82, 2.24) is 10.6 Å². The van der Waals surface area contributed by atoms with Gasteiger partial charge in [0, 0.05) is 18.2 Å². The van der Waals surface area contributed by atoms with Gasteiger partial charge < -0.3 is 10.6 Å². The third-order valence-corrected chi connectivity index (χ3v) is 7.61. The summed E-state index contributed by atoms with van der Waals surface area (Å²) < 4.78 is 25.1. The molecule has 132 valence electrons. The second kappa shape index (κ2) is 7.23. The minimum atomic E-state index is -3.26. The first-order valence-corrected chi connectivity index (χ1v) is 10.4. The van der Waals surface area contributed by atoms with Crippen molar-refractivity contribution in [1.29, 1.82) is 0 Å². The number of piperidine rings is 1. The normalized spacial score (nSPS) is 25.5. The number of carbonyl (C=O) groups excluding carboxylic acids is 1. The lowest BCUT2D eigenvalue weighted by Gasteiger charge is -2.30. The summed E-state index contributed by atoms with van der Waals surface area (Å²) in [4.78, 5) is 12.7. The fraction of sp³-hybridized carbons (Fsp3) is 0.611. The molecule has 1 aliphatic carbocycles. The second-order valence-electron chi connectivity index (χ2n) is 7.03. The molecule has 2 N–H and O–H groups in total. The van der Waals surface area contributed by atoms with Gasteiger partial charge in [0.25, 0.3) is 5.91 Å². The first kappa shape index (κ1) is 17.4. The fourth-order valence-corrected chi connectivity index (χ4v) is 5.48. The van der Waals surface area contributed by atoms with Gasteiger partial charge in [-0.2, -0.15) is 0 Å². The van der Waals surface area contributed by atoms with Gasteiger partial charge in [-0.1, -0.05) is 19.8 Å². The Hall–Kier alpha value is -1.40. The number of sulfone groups is 1. The van der Waals surface area contributed by atoms with Gasteiger partial charge in [0.2, 0.25) is 0 Å². The lowest BCUT2D eigenvalue weighted by atomic mass is 9.94. The molecular formula is C18H26N2O3S. The molecule has 6 heteroatoms. The lowest BCUT2D eigenvalue weighted by molar-refractivity contribution is 0.0915. The molecule has 0 bridgehead atoms. The molecule has 1 aliphatic heterocycles. The molecule has 0 radical (unpaired) electrons. The van der Waals surface area contributed by atoms with Crippen LogP contribution in [0.4, 0.5) is 0 Å². The van der Waals surface area contributed by atoms with Crippen LogP contribution >= 0.6 is 0 Å². The van der Waals surface area contributed by atoms with Gasteiger partial charge in [-0.25, -0.2) is 8.42 Å². The zero-order chi connectivity index (χ0) is 17.2. The molecule has 24 heavy (non-hydrogen) atoms. The van der Waals surface area contributed by atoms with Crippen LogP contribution < -0.4 is 10.6 Å². The van der Waals surface area contributed by atoms with E-state index in [1.54, 1.807) is 24.3 Å². The zero-order valence-electron chi connectivity index (χ0n) is 14.1. The molecule has 5 nitrogen and oxygen atoms in total. The average Bonchev–Trinajstić information content (AvgIpc) is 3.12. The molecule has 0 spiro atoms. The van der Waals surface area contributed by atoms with Crippen LogP contribution in [0.5, 0.6) is 0 Å². The molecule has 3 rings (SSSR count). The first-order valence-electron chi connectivity index (χ1n) is 8.84. The number of hydrogen-bond donors (Lipinski definition) is 2. The maximum absolute atomic E-state index is 12.6. The van der Waals surface area contributed by atoms with Crippen molar-refractivity contribution in [3.63, 3.8) is 0 Å². The highest BCUT2D eigenvalue weighted by Gasteiger charge is 2.30. The molecule has 2 atom stereocenters. The van der Waals surface area contributed by atoms with Crippen LogP contribution in [-0.2, 0) is 9.84 Å². The van der Waals surface area contributed by atoms with Crippen LogP contribution in [0.2, 0.25) is 0 Å². The highest BCUT2D eigenvalue weighted by atomic mass is 32.2. The Labute approximate surface area is 144 Å². The molecule has 2 fully saturated rings. The van der Waals surface area contributed by atoms with Crippen LogP contribution in [-0.4, -0.2) is 38.7 Å². The van der Waals surface area contributed by atoms with Gasteiger partial charge in [-0.3, -0.25) is 4.79 Å². The molecule has 0 aromatic heterocycles. The van der Waals surface area contributed by atoms with Crippen LogP contribution in [0.3, 0.4) is 0 Å². The van der Waals surface area contributed by atoms with E-state index >= 15 is 0 Å². The number of carbonyl (C=O) groups is 1. The molecule has 1 amide bonds. The Morgan fingerprint density at radius 2 is 1.79 bits per heavy atom. The number of amides is 1. The van der Waals surface area contributed by atoms with E-state index in [0.717, 1.165) is 45.2 Å². The van der Waals surface area contributed by atoms with Crippen LogP contribution in [0.1, 0.15) is 49.4 Å². The fourth-order valence-electron chi connectivity index (χ4n) is 3.62. The summed E-state index contributed by atoms with van der Waals surface area (Å²) in [7, 11) is -3.26. The Morgan fingerprint density at radius 1 is 1.12 bits per heavy atom. The van der Waals surface area contributed by atoms with Crippen molar-refractivity contribution in [2.75, 3.05) is 13.1 Å². The van der Waals surface area contributed by atoms with Crippen LogP contribution in [0.15, 0.2) is 29.2 Å². The summed E-state index contributed by atoms with van der Waals surface area (Å²) in [5, 5.41) is 6.08. The highest BCUT2D eigenvalue weighted by molar-refractivity contribution is 7.92. The second-order valence-corrected chi connectivity index (χ2v) is 9.25.